The van der Waals surface area contributed by atoms with Crippen molar-refractivity contribution in [2.45, 2.75) is 33.2 Å². The number of carbonyl (C=O) groups excluding carboxylic acids is 2. The van der Waals surface area contributed by atoms with E-state index < -0.39 is 17.7 Å². The van der Waals surface area contributed by atoms with Crippen LogP contribution in [0.2, 0.25) is 5.02 Å². The molecule has 26 heavy (non-hydrogen) atoms. The lowest BCUT2D eigenvalue weighted by Gasteiger charge is -2.25. The number of aliphatic hydroxyl groups is 1. The van der Waals surface area contributed by atoms with E-state index in [1.807, 2.05) is 13.8 Å². The molecule has 1 unspecified atom stereocenters. The summed E-state index contributed by atoms with van der Waals surface area (Å²) in [4.78, 5) is 26.9. The second-order valence-electron chi connectivity index (χ2n) is 6.79. The Kier molecular flexibility index (Phi) is 4.92. The number of nitrogens with zero attached hydrogens (tertiary/aromatic N) is 1. The van der Waals surface area contributed by atoms with Crippen LogP contribution in [0.15, 0.2) is 52.1 Å². The molecule has 5 nitrogen and oxygen atoms in total. The first kappa shape index (κ1) is 18.3. The molecule has 0 spiro atoms. The number of ketones is 1. The molecule has 3 rings (SSSR count). The standard InChI is InChI=1S/C20H20ClNO4/c1-11(2)10-15(23)17-18(16-9-4-12(3)26-16)22(20(25)19(17)24)14-7-5-13(21)6-8-14/h4-9,11,18,24H,10H2,1-3H3. The number of halogens is 1. The Morgan fingerprint density at radius 1 is 1.23 bits per heavy atom. The third-order valence-corrected chi connectivity index (χ3v) is 4.49. The molecule has 2 heterocycles. The van der Waals surface area contributed by atoms with Crippen LogP contribution in [0.3, 0.4) is 0 Å². The lowest BCUT2D eigenvalue weighted by molar-refractivity contribution is -0.118. The van der Waals surface area contributed by atoms with Crippen LogP contribution in [0.25, 0.3) is 0 Å². The van der Waals surface area contributed by atoms with Crippen molar-refractivity contribution in [1.82, 2.24) is 0 Å². The summed E-state index contributed by atoms with van der Waals surface area (Å²) in [5.41, 5.74) is 0.602. The van der Waals surface area contributed by atoms with Crippen LogP contribution in [0, 0.1) is 12.8 Å². The second-order valence-corrected chi connectivity index (χ2v) is 7.22. The molecule has 1 amide bonds. The summed E-state index contributed by atoms with van der Waals surface area (Å²) < 4.78 is 5.71. The van der Waals surface area contributed by atoms with Crippen LogP contribution >= 0.6 is 11.6 Å². The highest BCUT2D eigenvalue weighted by molar-refractivity contribution is 6.30. The molecule has 1 atom stereocenters. The average Bonchev–Trinajstić information content (AvgIpc) is 3.10. The molecule has 1 aliphatic rings. The zero-order valence-electron chi connectivity index (χ0n) is 14.8. The minimum absolute atomic E-state index is 0.0769. The van der Waals surface area contributed by atoms with Crippen molar-refractivity contribution < 1.29 is 19.1 Å². The van der Waals surface area contributed by atoms with E-state index in [-0.39, 0.29) is 23.7 Å². The van der Waals surface area contributed by atoms with E-state index in [1.54, 1.807) is 43.3 Å². The normalized spacial score (nSPS) is 17.5. The fourth-order valence-corrected chi connectivity index (χ4v) is 3.23. The third-order valence-electron chi connectivity index (χ3n) is 4.24. The summed E-state index contributed by atoms with van der Waals surface area (Å²) in [6, 6.07) is 9.33. The van der Waals surface area contributed by atoms with E-state index in [0.29, 0.717) is 22.2 Å². The Bertz CT molecular complexity index is 879. The van der Waals surface area contributed by atoms with E-state index in [4.69, 9.17) is 16.0 Å². The van der Waals surface area contributed by atoms with Gasteiger partial charge in [0.25, 0.3) is 5.91 Å². The summed E-state index contributed by atoms with van der Waals surface area (Å²) >= 11 is 5.94. The minimum atomic E-state index is -0.802. The first-order valence-electron chi connectivity index (χ1n) is 8.41. The number of carbonyl (C=O) groups is 2. The summed E-state index contributed by atoms with van der Waals surface area (Å²) in [6.07, 6.45) is 0.233. The molecule has 136 valence electrons. The third kappa shape index (κ3) is 3.27. The van der Waals surface area contributed by atoms with Gasteiger partial charge in [0.05, 0.1) is 5.57 Å². The highest BCUT2D eigenvalue weighted by atomic mass is 35.5. The van der Waals surface area contributed by atoms with Crippen molar-refractivity contribution in [3.63, 3.8) is 0 Å². The highest BCUT2D eigenvalue weighted by Gasteiger charge is 2.45. The summed E-state index contributed by atoms with van der Waals surface area (Å²) in [6.45, 7) is 5.61. The van der Waals surface area contributed by atoms with Gasteiger partial charge >= 0.3 is 0 Å². The van der Waals surface area contributed by atoms with Gasteiger partial charge in [-0.3, -0.25) is 14.5 Å². The van der Waals surface area contributed by atoms with Crippen molar-refractivity contribution in [1.29, 1.82) is 0 Å². The largest absolute Gasteiger partial charge is 0.503 e. The molecule has 1 aromatic heterocycles. The molecule has 0 aliphatic carbocycles. The number of Topliss-reactive ketones (excluding diaryl/α,β-unsaturated/α-hetero) is 1. The number of hydrogen-bond donors (Lipinski definition) is 1. The van der Waals surface area contributed by atoms with Gasteiger partial charge in [0.2, 0.25) is 0 Å². The summed E-state index contributed by atoms with van der Waals surface area (Å²) in [7, 11) is 0. The van der Waals surface area contributed by atoms with Crippen LogP contribution < -0.4 is 4.90 Å². The molecule has 1 N–H and O–H groups in total. The van der Waals surface area contributed by atoms with Gasteiger partial charge in [0, 0.05) is 17.1 Å². The lowest BCUT2D eigenvalue weighted by Crippen LogP contribution is -2.30. The first-order chi connectivity index (χ1) is 12.3. The molecule has 0 fully saturated rings. The Labute approximate surface area is 156 Å². The van der Waals surface area contributed by atoms with Gasteiger partial charge in [-0.1, -0.05) is 25.4 Å². The number of amides is 1. The maximum Gasteiger partial charge on any atom is 0.294 e. The zero-order chi connectivity index (χ0) is 19.0. The van der Waals surface area contributed by atoms with Gasteiger partial charge in [-0.2, -0.15) is 0 Å². The maximum atomic E-state index is 12.8. The number of benzene rings is 1. The van der Waals surface area contributed by atoms with Gasteiger partial charge < -0.3 is 9.52 Å². The van der Waals surface area contributed by atoms with Gasteiger partial charge in [-0.05, 0) is 49.2 Å². The van der Waals surface area contributed by atoms with Crippen LogP contribution in [0.4, 0.5) is 5.69 Å². The SMILES string of the molecule is Cc1ccc(C2C(C(=O)CC(C)C)=C(O)C(=O)N2c2ccc(Cl)cc2)o1. The van der Waals surface area contributed by atoms with Gasteiger partial charge in [-0.15, -0.1) is 0 Å². The van der Waals surface area contributed by atoms with Crippen LogP contribution in [0.1, 0.15) is 37.8 Å². The van der Waals surface area contributed by atoms with Crippen molar-refractivity contribution >= 4 is 29.0 Å². The van der Waals surface area contributed by atoms with Gasteiger partial charge in [0.15, 0.2) is 11.5 Å². The van der Waals surface area contributed by atoms with Crippen LogP contribution in [-0.4, -0.2) is 16.8 Å². The van der Waals surface area contributed by atoms with Crippen LogP contribution in [0.5, 0.6) is 0 Å². The summed E-state index contributed by atoms with van der Waals surface area (Å²) in [5.74, 6) is -0.224. The molecular formula is C20H20ClNO4. The number of furan rings is 1. The number of anilines is 1. The lowest BCUT2D eigenvalue weighted by atomic mass is 9.95. The number of aliphatic hydroxyl groups excluding tert-OH is 1. The van der Waals surface area contributed by atoms with Gasteiger partial charge in [-0.25, -0.2) is 0 Å². The Balaban J connectivity index is 2.12. The van der Waals surface area contributed by atoms with E-state index in [2.05, 4.69) is 0 Å². The Hall–Kier alpha value is -2.53. The highest BCUT2D eigenvalue weighted by Crippen LogP contribution is 2.42. The predicted octanol–water partition coefficient (Wildman–Crippen LogP) is 4.76. The molecule has 1 aliphatic heterocycles. The smallest absolute Gasteiger partial charge is 0.294 e. The number of hydrogen-bond acceptors (Lipinski definition) is 4. The molecule has 0 saturated carbocycles. The fourth-order valence-electron chi connectivity index (χ4n) is 3.11. The molecule has 0 saturated heterocycles. The minimum Gasteiger partial charge on any atom is -0.503 e. The maximum absolute atomic E-state index is 12.8. The Morgan fingerprint density at radius 3 is 2.42 bits per heavy atom. The van der Waals surface area contributed by atoms with Gasteiger partial charge in [0.1, 0.15) is 17.6 Å². The average molecular weight is 374 g/mol. The molecule has 6 heteroatoms. The van der Waals surface area contributed by atoms with Crippen molar-refractivity contribution in [3.05, 3.63) is 64.3 Å². The number of rotatable bonds is 5. The summed E-state index contributed by atoms with van der Waals surface area (Å²) in [5, 5.41) is 11.0. The molecule has 0 radical (unpaired) electrons. The van der Waals surface area contributed by atoms with Crippen molar-refractivity contribution in [2.75, 3.05) is 4.90 Å². The van der Waals surface area contributed by atoms with Crippen molar-refractivity contribution in [2.24, 2.45) is 5.92 Å². The van der Waals surface area contributed by atoms with E-state index in [0.717, 1.165) is 0 Å². The molecule has 1 aromatic carbocycles. The van der Waals surface area contributed by atoms with E-state index in [9.17, 15) is 14.7 Å². The molecular weight excluding hydrogens is 354 g/mol. The molecule has 2 aromatic rings. The zero-order valence-corrected chi connectivity index (χ0v) is 15.6. The fraction of sp³-hybridized carbons (Fsp3) is 0.300. The molecule has 0 bridgehead atoms. The number of aryl methyl sites for hydroxylation is 1. The first-order valence-corrected chi connectivity index (χ1v) is 8.79. The van der Waals surface area contributed by atoms with E-state index in [1.165, 1.54) is 4.90 Å². The topological polar surface area (TPSA) is 70.8 Å². The van der Waals surface area contributed by atoms with Crippen molar-refractivity contribution in [3.8, 4) is 0 Å². The monoisotopic (exact) mass is 373 g/mol. The Morgan fingerprint density at radius 2 is 1.88 bits per heavy atom. The second kappa shape index (κ2) is 7.00. The predicted molar refractivity (Wildman–Crippen MR) is 99.2 cm³/mol. The van der Waals surface area contributed by atoms with E-state index >= 15 is 0 Å². The quantitative estimate of drug-likeness (QED) is 0.820. The van der Waals surface area contributed by atoms with Crippen LogP contribution in [-0.2, 0) is 9.59 Å².